The number of carboxylic acids is 1. The highest BCUT2D eigenvalue weighted by molar-refractivity contribution is 5.97. The van der Waals surface area contributed by atoms with E-state index in [1.807, 2.05) is 0 Å². The van der Waals surface area contributed by atoms with Crippen LogP contribution in [-0.2, 0) is 43.2 Å². The van der Waals surface area contributed by atoms with Crippen molar-refractivity contribution in [3.8, 4) is 0 Å². The predicted octanol–water partition coefficient (Wildman–Crippen LogP) is -5.96. The molecule has 8 N–H and O–H groups in total. The topological polar surface area (TPSA) is 299 Å². The molecule has 6 aliphatic rings. The largest absolute Gasteiger partial charge is 0.480 e. The molecule has 0 aromatic carbocycles. The number of carboxylic acid groups (broad SMARTS) is 1. The predicted molar refractivity (Wildman–Crippen MR) is 196 cm³/mol. The molecule has 22 nitrogen and oxygen atoms in total. The molecule has 58 heavy (non-hydrogen) atoms. The highest BCUT2D eigenvalue weighted by Crippen LogP contribution is 2.28. The number of likely N-dealkylation sites (tertiary alicyclic amines) is 5. The zero-order valence-corrected chi connectivity index (χ0v) is 32.1. The van der Waals surface area contributed by atoms with Crippen LogP contribution in [0.2, 0.25) is 0 Å². The molecular formula is C36H53N9O13. The van der Waals surface area contributed by atoms with Crippen LogP contribution in [0.15, 0.2) is 0 Å². The maximum Gasteiger partial charge on any atom is 0.322 e. The number of aliphatic carboxylic acids is 1. The third kappa shape index (κ3) is 9.34. The van der Waals surface area contributed by atoms with Gasteiger partial charge in [0.05, 0.1) is 37.4 Å². The molecule has 6 fully saturated rings. The van der Waals surface area contributed by atoms with Crippen molar-refractivity contribution in [1.29, 1.82) is 0 Å². The number of hydrogen-bond acceptors (Lipinski definition) is 13. The van der Waals surface area contributed by atoms with Gasteiger partial charge in [0, 0.05) is 52.1 Å². The van der Waals surface area contributed by atoms with Gasteiger partial charge in [-0.2, -0.15) is 0 Å². The van der Waals surface area contributed by atoms with Gasteiger partial charge >= 0.3 is 5.97 Å². The van der Waals surface area contributed by atoms with Crippen LogP contribution >= 0.6 is 0 Å². The highest BCUT2D eigenvalue weighted by Gasteiger charge is 2.47. The van der Waals surface area contributed by atoms with Crippen molar-refractivity contribution in [3.05, 3.63) is 0 Å². The van der Waals surface area contributed by atoms with Crippen LogP contribution in [0, 0.1) is 0 Å². The molecule has 22 heteroatoms. The van der Waals surface area contributed by atoms with Crippen molar-refractivity contribution < 1.29 is 63.6 Å². The maximum absolute atomic E-state index is 13.9. The van der Waals surface area contributed by atoms with Gasteiger partial charge < -0.3 is 66.2 Å². The number of amides is 8. The Balaban J connectivity index is 1.01. The van der Waals surface area contributed by atoms with E-state index in [2.05, 4.69) is 21.3 Å². The van der Waals surface area contributed by atoms with Crippen LogP contribution in [0.1, 0.15) is 57.8 Å². The minimum atomic E-state index is -1.25. The molecule has 0 aromatic rings. The van der Waals surface area contributed by atoms with Gasteiger partial charge in [-0.15, -0.1) is 0 Å². The van der Waals surface area contributed by atoms with Crippen molar-refractivity contribution in [2.24, 2.45) is 0 Å². The molecule has 0 bridgehead atoms. The van der Waals surface area contributed by atoms with Crippen LogP contribution in [0.25, 0.3) is 0 Å². The van der Waals surface area contributed by atoms with Crippen LogP contribution in [0.5, 0.6) is 0 Å². The fraction of sp³-hybridized carbons (Fsp3) is 0.750. The summed E-state index contributed by atoms with van der Waals surface area (Å²) in [5.41, 5.74) is 0. The van der Waals surface area contributed by atoms with E-state index < -0.39 is 122 Å². The molecule has 0 radical (unpaired) electrons. The second-order valence-electron chi connectivity index (χ2n) is 15.9. The van der Waals surface area contributed by atoms with E-state index in [0.29, 0.717) is 38.6 Å². The van der Waals surface area contributed by atoms with E-state index in [0.717, 1.165) is 4.90 Å². The smallest absolute Gasteiger partial charge is 0.322 e. The molecule has 6 saturated heterocycles. The molecule has 9 atom stereocenters. The van der Waals surface area contributed by atoms with E-state index in [4.69, 9.17) is 5.11 Å². The van der Waals surface area contributed by atoms with Gasteiger partial charge in [0.15, 0.2) is 0 Å². The Labute approximate surface area is 333 Å². The summed E-state index contributed by atoms with van der Waals surface area (Å²) in [7, 11) is 0. The van der Waals surface area contributed by atoms with E-state index in [-0.39, 0.29) is 64.3 Å². The lowest BCUT2D eigenvalue weighted by molar-refractivity contribution is -0.148. The molecule has 0 aliphatic carbocycles. The molecule has 6 aliphatic heterocycles. The molecular weight excluding hydrogens is 766 g/mol. The summed E-state index contributed by atoms with van der Waals surface area (Å²) in [6.45, 7) is -1.06. The molecule has 6 heterocycles. The molecule has 0 aromatic heterocycles. The van der Waals surface area contributed by atoms with Crippen molar-refractivity contribution in [2.45, 2.75) is 112 Å². The van der Waals surface area contributed by atoms with Gasteiger partial charge in [-0.1, -0.05) is 0 Å². The number of aliphatic hydroxyl groups is 3. The average molecular weight is 820 g/mol. The lowest BCUT2D eigenvalue weighted by Gasteiger charge is -2.32. The van der Waals surface area contributed by atoms with Crippen molar-refractivity contribution in [2.75, 3.05) is 58.9 Å². The molecule has 320 valence electrons. The Kier molecular flexibility index (Phi) is 13.5. The Morgan fingerprint density at radius 1 is 0.500 bits per heavy atom. The van der Waals surface area contributed by atoms with Gasteiger partial charge in [0.2, 0.25) is 47.3 Å². The number of carbonyl (C=O) groups is 9. The number of nitrogens with one attached hydrogen (secondary N) is 4. The van der Waals surface area contributed by atoms with Crippen LogP contribution in [-0.4, -0.2) is 212 Å². The summed E-state index contributed by atoms with van der Waals surface area (Å²) in [6, 6.07) is -5.60. The van der Waals surface area contributed by atoms with Crippen LogP contribution in [0.4, 0.5) is 0 Å². The summed E-state index contributed by atoms with van der Waals surface area (Å²) in [5, 5.41) is 50.0. The number of hydrogen-bond donors (Lipinski definition) is 8. The SMILES string of the molecule is O=C(O)CNC(=O)[C@@H]1CCCN1C(=O)[C@@H]1C[C@@H](O)CN1C(=O)CNC(=O)[C@@H]1CCCN1C(=O)[C@@H]1C[C@@H](O)CN1C(=O)CNC(=O)[C@@H]1CCCN1C(=O)[C@@H]1C[C@@H](O)CN1. The second-order valence-corrected chi connectivity index (χ2v) is 15.9. The molecule has 0 unspecified atom stereocenters. The molecule has 0 saturated carbocycles. The number of rotatable bonds is 12. The highest BCUT2D eigenvalue weighted by atomic mass is 16.4. The molecule has 8 amide bonds. The van der Waals surface area contributed by atoms with Gasteiger partial charge in [0.25, 0.3) is 0 Å². The minimum Gasteiger partial charge on any atom is -0.480 e. The Morgan fingerprint density at radius 2 is 0.897 bits per heavy atom. The number of nitrogens with zero attached hydrogens (tertiary/aromatic N) is 5. The van der Waals surface area contributed by atoms with Crippen LogP contribution < -0.4 is 21.3 Å². The second kappa shape index (κ2) is 18.3. The quantitative estimate of drug-likeness (QED) is 0.0910. The zero-order chi connectivity index (χ0) is 41.8. The minimum absolute atomic E-state index is 0.0984. The average Bonchev–Trinajstić information content (AvgIpc) is 4.05. The third-order valence-electron chi connectivity index (χ3n) is 11.9. The van der Waals surface area contributed by atoms with Crippen molar-refractivity contribution in [1.82, 2.24) is 45.8 Å². The van der Waals surface area contributed by atoms with Crippen molar-refractivity contribution in [3.63, 3.8) is 0 Å². The van der Waals surface area contributed by atoms with Gasteiger partial charge in [0.1, 0.15) is 36.8 Å². The van der Waals surface area contributed by atoms with Crippen molar-refractivity contribution >= 4 is 53.2 Å². The van der Waals surface area contributed by atoms with E-state index in [1.54, 1.807) is 0 Å². The van der Waals surface area contributed by atoms with E-state index >= 15 is 0 Å². The molecule has 6 rings (SSSR count). The first-order valence-electron chi connectivity index (χ1n) is 20.0. The summed E-state index contributed by atoms with van der Waals surface area (Å²) in [6.07, 6.45) is -0.262. The Bertz CT molecular complexity index is 1670. The number of carbonyl (C=O) groups excluding carboxylic acids is 8. The number of aliphatic hydroxyl groups excluding tert-OH is 3. The fourth-order valence-corrected chi connectivity index (χ4v) is 9.09. The van der Waals surface area contributed by atoms with Gasteiger partial charge in [-0.25, -0.2) is 0 Å². The van der Waals surface area contributed by atoms with Crippen LogP contribution in [0.3, 0.4) is 0 Å². The van der Waals surface area contributed by atoms with Gasteiger partial charge in [-0.05, 0) is 44.9 Å². The third-order valence-corrected chi connectivity index (χ3v) is 11.9. The maximum atomic E-state index is 13.9. The summed E-state index contributed by atoms with van der Waals surface area (Å²) in [5.74, 6) is -5.85. The summed E-state index contributed by atoms with van der Waals surface area (Å²) >= 11 is 0. The Hall–Kier alpha value is -4.93. The first kappa shape index (κ1) is 42.7. The first-order valence-corrected chi connectivity index (χ1v) is 20.0. The lowest BCUT2D eigenvalue weighted by atomic mass is 10.1. The number of β-amino-alcohol motifs (C(OH)–C–C–N with tert-alkyl or cyclic N) is 3. The van der Waals surface area contributed by atoms with Gasteiger partial charge in [-0.3, -0.25) is 43.2 Å². The monoisotopic (exact) mass is 819 g/mol. The summed E-state index contributed by atoms with van der Waals surface area (Å²) < 4.78 is 0. The lowest BCUT2D eigenvalue weighted by Crippen LogP contribution is -2.56. The fourth-order valence-electron chi connectivity index (χ4n) is 9.09. The van der Waals surface area contributed by atoms with E-state index in [1.165, 1.54) is 19.6 Å². The van der Waals surface area contributed by atoms with E-state index in [9.17, 15) is 58.5 Å². The first-order chi connectivity index (χ1) is 27.6. The Morgan fingerprint density at radius 3 is 1.28 bits per heavy atom. The summed E-state index contributed by atoms with van der Waals surface area (Å²) in [4.78, 5) is 124. The standard InChI is InChI=1S/C36H53N9O13/c46-19-10-22(37-13-19)34(56)41-7-1-4-23(41)31(53)38-14-28(49)44-17-20(47)11-26(44)35(57)42-8-2-5-24(42)32(54)39-15-29(50)45-18-21(48)12-27(45)36(58)43-9-3-6-25(43)33(55)40-16-30(51)52/h19-27,37,46-48H,1-18H2,(H,38,53)(H,39,54)(H,40,55)(H,51,52)/t19-,20-,21-,22+,23+,24+,25+,26+,27+/m1/s1. The zero-order valence-electron chi connectivity index (χ0n) is 32.1. The molecule has 0 spiro atoms. The normalized spacial score (nSPS) is 30.8.